The van der Waals surface area contributed by atoms with E-state index < -0.39 is 9.84 Å². The van der Waals surface area contributed by atoms with Crippen LogP contribution in [0.5, 0.6) is 0 Å². The van der Waals surface area contributed by atoms with E-state index in [1.165, 1.54) is 6.07 Å². The number of halogens is 1. The third kappa shape index (κ3) is 3.34. The van der Waals surface area contributed by atoms with E-state index >= 15 is 0 Å². The molecule has 1 heterocycles. The van der Waals surface area contributed by atoms with Crippen LogP contribution in [-0.2, 0) is 9.84 Å². The molecule has 1 aromatic carbocycles. The fourth-order valence-electron chi connectivity index (χ4n) is 2.59. The van der Waals surface area contributed by atoms with Crippen molar-refractivity contribution in [1.29, 1.82) is 0 Å². The lowest BCUT2D eigenvalue weighted by atomic mass is 10.0. The highest BCUT2D eigenvalue weighted by atomic mass is 32.2. The van der Waals surface area contributed by atoms with Gasteiger partial charge < -0.3 is 5.32 Å². The van der Waals surface area contributed by atoms with Crippen LogP contribution in [0.25, 0.3) is 0 Å². The van der Waals surface area contributed by atoms with Gasteiger partial charge in [0.05, 0.1) is 11.0 Å². The normalized spacial score (nSPS) is 23.4. The second-order valence-corrected chi connectivity index (χ2v) is 7.42. The zero-order valence-corrected chi connectivity index (χ0v) is 11.9. The van der Waals surface area contributed by atoms with Gasteiger partial charge in [0.1, 0.15) is 5.82 Å². The van der Waals surface area contributed by atoms with Crippen molar-refractivity contribution in [3.8, 4) is 0 Å². The maximum Gasteiger partial charge on any atom is 0.154 e. The van der Waals surface area contributed by atoms with Crippen molar-refractivity contribution in [1.82, 2.24) is 5.32 Å². The third-order valence-corrected chi connectivity index (χ3v) is 6.02. The maximum absolute atomic E-state index is 13.7. The zero-order valence-electron chi connectivity index (χ0n) is 11.1. The predicted octanol–water partition coefficient (Wildman–Crippen LogP) is 2.44. The summed E-state index contributed by atoms with van der Waals surface area (Å²) in [5, 5.41) is 2.89. The molecule has 0 aromatic heterocycles. The van der Waals surface area contributed by atoms with Crippen LogP contribution < -0.4 is 5.32 Å². The minimum absolute atomic E-state index is 0.128. The second-order valence-electron chi connectivity index (χ2n) is 5.02. The molecule has 0 unspecified atom stereocenters. The Bertz CT molecular complexity index is 530. The molecule has 1 saturated heterocycles. The van der Waals surface area contributed by atoms with Crippen molar-refractivity contribution in [2.45, 2.75) is 37.5 Å². The number of hydrogen-bond donors (Lipinski definition) is 1. The quantitative estimate of drug-likeness (QED) is 0.904. The van der Waals surface area contributed by atoms with Gasteiger partial charge in [-0.2, -0.15) is 0 Å². The first-order valence-corrected chi connectivity index (χ1v) is 8.45. The standard InChI is InChI=1S/C14H20FNO2S/c1-2-14(12-7-3-4-8-13(12)15)16-10-11-6-5-9-19(11,17)18/h3-4,7-8,11,14,16H,2,5-6,9-10H2,1H3/t11-,14+/m1/s1. The Labute approximate surface area is 114 Å². The number of rotatable bonds is 5. The number of nitrogens with one attached hydrogen (secondary N) is 1. The summed E-state index contributed by atoms with van der Waals surface area (Å²) in [6.07, 6.45) is 2.18. The minimum atomic E-state index is -2.94. The summed E-state index contributed by atoms with van der Waals surface area (Å²) >= 11 is 0. The molecule has 2 rings (SSSR count). The molecule has 1 aliphatic rings. The van der Waals surface area contributed by atoms with Crippen LogP contribution in [0.3, 0.4) is 0 Å². The zero-order chi connectivity index (χ0) is 13.9. The summed E-state index contributed by atoms with van der Waals surface area (Å²) in [5.74, 6) is 0.0478. The van der Waals surface area contributed by atoms with Gasteiger partial charge in [0.2, 0.25) is 0 Å². The molecule has 3 nitrogen and oxygen atoms in total. The average molecular weight is 285 g/mol. The maximum atomic E-state index is 13.7. The summed E-state index contributed by atoms with van der Waals surface area (Å²) in [7, 11) is -2.94. The van der Waals surface area contributed by atoms with Crippen molar-refractivity contribution in [3.05, 3.63) is 35.6 Å². The Kier molecular flexibility index (Phi) is 4.58. The van der Waals surface area contributed by atoms with E-state index in [0.717, 1.165) is 12.8 Å². The fourth-order valence-corrected chi connectivity index (χ4v) is 4.37. The van der Waals surface area contributed by atoms with E-state index in [4.69, 9.17) is 0 Å². The van der Waals surface area contributed by atoms with Gasteiger partial charge in [-0.1, -0.05) is 25.1 Å². The van der Waals surface area contributed by atoms with Gasteiger partial charge in [0.25, 0.3) is 0 Å². The van der Waals surface area contributed by atoms with Crippen molar-refractivity contribution in [2.75, 3.05) is 12.3 Å². The Morgan fingerprint density at radius 2 is 2.16 bits per heavy atom. The van der Waals surface area contributed by atoms with Gasteiger partial charge >= 0.3 is 0 Å². The lowest BCUT2D eigenvalue weighted by Crippen LogP contribution is -2.33. The van der Waals surface area contributed by atoms with Crippen molar-refractivity contribution >= 4 is 9.84 Å². The monoisotopic (exact) mass is 285 g/mol. The highest BCUT2D eigenvalue weighted by Gasteiger charge is 2.31. The second kappa shape index (κ2) is 6.01. The van der Waals surface area contributed by atoms with E-state index in [0.29, 0.717) is 18.5 Å². The van der Waals surface area contributed by atoms with Crippen molar-refractivity contribution in [3.63, 3.8) is 0 Å². The van der Waals surface area contributed by atoms with E-state index in [1.54, 1.807) is 18.2 Å². The molecule has 0 radical (unpaired) electrons. The summed E-state index contributed by atoms with van der Waals surface area (Å²) in [5.41, 5.74) is 0.611. The van der Waals surface area contributed by atoms with E-state index in [1.807, 2.05) is 6.92 Å². The van der Waals surface area contributed by atoms with E-state index in [-0.39, 0.29) is 22.9 Å². The lowest BCUT2D eigenvalue weighted by Gasteiger charge is -2.20. The minimum Gasteiger partial charge on any atom is -0.309 e. The summed E-state index contributed by atoms with van der Waals surface area (Å²) in [6.45, 7) is 2.38. The highest BCUT2D eigenvalue weighted by molar-refractivity contribution is 7.92. The first-order valence-electron chi connectivity index (χ1n) is 6.74. The first-order chi connectivity index (χ1) is 9.04. The molecule has 1 aromatic rings. The van der Waals surface area contributed by atoms with Crippen LogP contribution >= 0.6 is 0 Å². The molecule has 5 heteroatoms. The molecule has 0 bridgehead atoms. The lowest BCUT2D eigenvalue weighted by molar-refractivity contribution is 0.479. The third-order valence-electron chi connectivity index (χ3n) is 3.74. The van der Waals surface area contributed by atoms with Gasteiger partial charge in [-0.05, 0) is 25.3 Å². The SMILES string of the molecule is CC[C@H](NC[C@H]1CCCS1(=O)=O)c1ccccc1F. The number of sulfone groups is 1. The molecule has 2 atom stereocenters. The van der Waals surface area contributed by atoms with Gasteiger partial charge in [0, 0.05) is 18.2 Å². The Morgan fingerprint density at radius 1 is 1.42 bits per heavy atom. The number of benzene rings is 1. The van der Waals surface area contributed by atoms with Crippen LogP contribution in [-0.4, -0.2) is 26.0 Å². The molecule has 1 fully saturated rings. The summed E-state index contributed by atoms with van der Waals surface area (Å²) in [4.78, 5) is 0. The van der Waals surface area contributed by atoms with Crippen molar-refractivity contribution in [2.24, 2.45) is 0 Å². The Hall–Kier alpha value is -0.940. The fraction of sp³-hybridized carbons (Fsp3) is 0.571. The molecule has 1 N–H and O–H groups in total. The average Bonchev–Trinajstić information content (AvgIpc) is 2.71. The molecular formula is C14H20FNO2S. The predicted molar refractivity (Wildman–Crippen MR) is 74.2 cm³/mol. The van der Waals surface area contributed by atoms with E-state index in [9.17, 15) is 12.8 Å². The molecule has 19 heavy (non-hydrogen) atoms. The largest absolute Gasteiger partial charge is 0.309 e. The molecule has 0 amide bonds. The summed E-state index contributed by atoms with van der Waals surface area (Å²) in [6, 6.07) is 6.52. The van der Waals surface area contributed by atoms with Crippen LogP contribution in [0.4, 0.5) is 4.39 Å². The van der Waals surface area contributed by atoms with Crippen LogP contribution in [0.15, 0.2) is 24.3 Å². The molecular weight excluding hydrogens is 265 g/mol. The molecule has 0 saturated carbocycles. The molecule has 0 aliphatic carbocycles. The highest BCUT2D eigenvalue weighted by Crippen LogP contribution is 2.23. The molecule has 1 aliphatic heterocycles. The van der Waals surface area contributed by atoms with Gasteiger partial charge in [-0.25, -0.2) is 12.8 Å². The Balaban J connectivity index is 2.03. The Morgan fingerprint density at radius 3 is 2.74 bits per heavy atom. The number of hydrogen-bond acceptors (Lipinski definition) is 3. The van der Waals surface area contributed by atoms with Gasteiger partial charge in [0.15, 0.2) is 9.84 Å². The van der Waals surface area contributed by atoms with Crippen molar-refractivity contribution < 1.29 is 12.8 Å². The smallest absolute Gasteiger partial charge is 0.154 e. The first kappa shape index (κ1) is 14.5. The van der Waals surface area contributed by atoms with Crippen LogP contribution in [0, 0.1) is 5.82 Å². The van der Waals surface area contributed by atoms with Crippen LogP contribution in [0.1, 0.15) is 37.8 Å². The van der Waals surface area contributed by atoms with Gasteiger partial charge in [-0.3, -0.25) is 0 Å². The van der Waals surface area contributed by atoms with Crippen LogP contribution in [0.2, 0.25) is 0 Å². The molecule has 106 valence electrons. The molecule has 0 spiro atoms. The van der Waals surface area contributed by atoms with Gasteiger partial charge in [-0.15, -0.1) is 0 Å². The van der Waals surface area contributed by atoms with E-state index in [2.05, 4.69) is 5.32 Å². The topological polar surface area (TPSA) is 46.2 Å². The summed E-state index contributed by atoms with van der Waals surface area (Å²) < 4.78 is 37.2.